The van der Waals surface area contributed by atoms with Gasteiger partial charge in [-0.1, -0.05) is 46.5 Å². The van der Waals surface area contributed by atoms with E-state index in [1.807, 2.05) is 0 Å². The van der Waals surface area contributed by atoms with Gasteiger partial charge < -0.3 is 5.32 Å². The van der Waals surface area contributed by atoms with Gasteiger partial charge in [0.25, 0.3) is 0 Å². The van der Waals surface area contributed by atoms with E-state index in [4.69, 9.17) is 0 Å². The summed E-state index contributed by atoms with van der Waals surface area (Å²) in [4.78, 5) is 0. The summed E-state index contributed by atoms with van der Waals surface area (Å²) < 4.78 is 0. The van der Waals surface area contributed by atoms with Crippen LogP contribution in [0.5, 0.6) is 0 Å². The summed E-state index contributed by atoms with van der Waals surface area (Å²) in [6, 6.07) is 1.51. The first-order valence-electron chi connectivity index (χ1n) is 7.84. The van der Waals surface area contributed by atoms with E-state index in [1.54, 1.807) is 0 Å². The number of hydrogen-bond acceptors (Lipinski definition) is 1. The largest absolute Gasteiger partial charge is 0.312 e. The summed E-state index contributed by atoms with van der Waals surface area (Å²) in [6.07, 6.45) is 11.2. The van der Waals surface area contributed by atoms with Crippen LogP contribution in [0.4, 0.5) is 0 Å². The van der Waals surface area contributed by atoms with Gasteiger partial charge in [-0.05, 0) is 44.4 Å². The van der Waals surface area contributed by atoms with Crippen molar-refractivity contribution in [1.82, 2.24) is 5.32 Å². The molecule has 102 valence electrons. The molecule has 0 aromatic heterocycles. The molecule has 0 aromatic rings. The summed E-state index contributed by atoms with van der Waals surface area (Å²) in [6.45, 7) is 9.43. The second-order valence-electron chi connectivity index (χ2n) is 6.70. The van der Waals surface area contributed by atoms with Crippen LogP contribution in [0.1, 0.15) is 79.1 Å². The topological polar surface area (TPSA) is 12.0 Å². The smallest absolute Gasteiger partial charge is 0.00696 e. The van der Waals surface area contributed by atoms with Crippen LogP contribution in [0.15, 0.2) is 0 Å². The third kappa shape index (κ3) is 7.08. The van der Waals surface area contributed by atoms with E-state index >= 15 is 0 Å². The van der Waals surface area contributed by atoms with Gasteiger partial charge in [0.1, 0.15) is 0 Å². The molecule has 0 aliphatic heterocycles. The van der Waals surface area contributed by atoms with Crippen molar-refractivity contribution in [3.05, 3.63) is 0 Å². The van der Waals surface area contributed by atoms with Crippen LogP contribution in [0, 0.1) is 11.8 Å². The minimum Gasteiger partial charge on any atom is -0.312 e. The molecule has 1 fully saturated rings. The van der Waals surface area contributed by atoms with Gasteiger partial charge in [0.15, 0.2) is 0 Å². The van der Waals surface area contributed by atoms with Crippen molar-refractivity contribution in [2.24, 2.45) is 11.8 Å². The Morgan fingerprint density at radius 2 is 1.76 bits per heavy atom. The molecule has 0 amide bonds. The van der Waals surface area contributed by atoms with Crippen LogP contribution in [0.25, 0.3) is 0 Å². The molecule has 1 rings (SSSR count). The molecule has 17 heavy (non-hydrogen) atoms. The Morgan fingerprint density at radius 1 is 1.00 bits per heavy atom. The molecule has 0 saturated heterocycles. The lowest BCUT2D eigenvalue weighted by Crippen LogP contribution is -2.36. The Morgan fingerprint density at radius 3 is 2.47 bits per heavy atom. The highest BCUT2D eigenvalue weighted by Gasteiger charge is 2.17. The molecule has 0 aromatic carbocycles. The van der Waals surface area contributed by atoms with Gasteiger partial charge in [-0.15, -0.1) is 0 Å². The van der Waals surface area contributed by atoms with Crippen LogP contribution in [-0.4, -0.2) is 12.1 Å². The number of rotatable bonds is 6. The predicted molar refractivity (Wildman–Crippen MR) is 77.3 cm³/mol. The standard InChI is InChI=1S/C16H33N/c1-13(2)7-5-9-15(4)17-16-10-6-8-14(3)11-12-16/h13-17H,5-12H2,1-4H3. The first kappa shape index (κ1) is 15.0. The molecule has 1 heteroatoms. The zero-order chi connectivity index (χ0) is 12.7. The average molecular weight is 239 g/mol. The van der Waals surface area contributed by atoms with Crippen LogP contribution >= 0.6 is 0 Å². The van der Waals surface area contributed by atoms with E-state index in [2.05, 4.69) is 33.0 Å². The first-order valence-corrected chi connectivity index (χ1v) is 7.84. The second kappa shape index (κ2) is 8.13. The van der Waals surface area contributed by atoms with Crippen molar-refractivity contribution in [3.8, 4) is 0 Å². The molecule has 1 nitrogen and oxygen atoms in total. The van der Waals surface area contributed by atoms with Gasteiger partial charge in [0.2, 0.25) is 0 Å². The lowest BCUT2D eigenvalue weighted by molar-refractivity contribution is 0.376. The van der Waals surface area contributed by atoms with Gasteiger partial charge in [0.05, 0.1) is 0 Å². The Kier molecular flexibility index (Phi) is 7.18. The third-order valence-corrected chi connectivity index (χ3v) is 4.20. The van der Waals surface area contributed by atoms with Crippen molar-refractivity contribution < 1.29 is 0 Å². The maximum atomic E-state index is 3.85. The zero-order valence-corrected chi connectivity index (χ0v) is 12.5. The molecule has 0 radical (unpaired) electrons. The van der Waals surface area contributed by atoms with Gasteiger partial charge in [-0.25, -0.2) is 0 Å². The fourth-order valence-electron chi connectivity index (χ4n) is 2.97. The summed E-state index contributed by atoms with van der Waals surface area (Å²) in [5, 5.41) is 3.85. The van der Waals surface area contributed by atoms with Crippen LogP contribution in [-0.2, 0) is 0 Å². The Hall–Kier alpha value is -0.0400. The van der Waals surface area contributed by atoms with Crippen LogP contribution in [0.3, 0.4) is 0 Å². The zero-order valence-electron chi connectivity index (χ0n) is 12.5. The predicted octanol–water partition coefficient (Wildman–Crippen LogP) is 4.76. The lowest BCUT2D eigenvalue weighted by Gasteiger charge is -2.22. The summed E-state index contributed by atoms with van der Waals surface area (Å²) in [5.41, 5.74) is 0. The van der Waals surface area contributed by atoms with Crippen molar-refractivity contribution >= 4 is 0 Å². The molecule has 3 atom stereocenters. The monoisotopic (exact) mass is 239 g/mol. The average Bonchev–Trinajstić information content (AvgIpc) is 2.43. The summed E-state index contributed by atoms with van der Waals surface area (Å²) in [7, 11) is 0. The van der Waals surface area contributed by atoms with Gasteiger partial charge in [-0.2, -0.15) is 0 Å². The van der Waals surface area contributed by atoms with E-state index in [9.17, 15) is 0 Å². The van der Waals surface area contributed by atoms with Crippen molar-refractivity contribution in [2.45, 2.75) is 91.1 Å². The third-order valence-electron chi connectivity index (χ3n) is 4.20. The molecule has 1 aliphatic rings. The van der Waals surface area contributed by atoms with E-state index in [0.717, 1.165) is 17.9 Å². The normalized spacial score (nSPS) is 28.1. The maximum Gasteiger partial charge on any atom is 0.00696 e. The molecule has 0 spiro atoms. The van der Waals surface area contributed by atoms with E-state index < -0.39 is 0 Å². The summed E-state index contributed by atoms with van der Waals surface area (Å²) in [5.74, 6) is 1.82. The number of hydrogen-bond donors (Lipinski definition) is 1. The molecule has 3 unspecified atom stereocenters. The highest BCUT2D eigenvalue weighted by Crippen LogP contribution is 2.23. The highest BCUT2D eigenvalue weighted by atomic mass is 14.9. The van der Waals surface area contributed by atoms with Crippen molar-refractivity contribution in [2.75, 3.05) is 0 Å². The van der Waals surface area contributed by atoms with Crippen molar-refractivity contribution in [3.63, 3.8) is 0 Å². The minimum absolute atomic E-state index is 0.715. The van der Waals surface area contributed by atoms with Crippen LogP contribution in [0.2, 0.25) is 0 Å². The van der Waals surface area contributed by atoms with Crippen molar-refractivity contribution in [1.29, 1.82) is 0 Å². The van der Waals surface area contributed by atoms with E-state index in [-0.39, 0.29) is 0 Å². The second-order valence-corrected chi connectivity index (χ2v) is 6.70. The fraction of sp³-hybridized carbons (Fsp3) is 1.00. The van der Waals surface area contributed by atoms with Gasteiger partial charge in [0, 0.05) is 12.1 Å². The molecule has 1 N–H and O–H groups in total. The quantitative estimate of drug-likeness (QED) is 0.659. The Labute approximate surface area is 109 Å². The first-order chi connectivity index (χ1) is 8.08. The molecule has 0 heterocycles. The Bertz CT molecular complexity index is 188. The van der Waals surface area contributed by atoms with Gasteiger partial charge in [-0.3, -0.25) is 0 Å². The summed E-state index contributed by atoms with van der Waals surface area (Å²) >= 11 is 0. The molecule has 1 aliphatic carbocycles. The van der Waals surface area contributed by atoms with E-state index in [0.29, 0.717) is 6.04 Å². The Balaban J connectivity index is 2.14. The van der Waals surface area contributed by atoms with Crippen LogP contribution < -0.4 is 5.32 Å². The number of nitrogens with one attached hydrogen (secondary N) is 1. The molecular weight excluding hydrogens is 206 g/mol. The molecule has 0 bridgehead atoms. The molecule has 1 saturated carbocycles. The lowest BCUT2D eigenvalue weighted by atomic mass is 10.0. The minimum atomic E-state index is 0.715. The molecular formula is C16H33N. The maximum absolute atomic E-state index is 3.85. The van der Waals surface area contributed by atoms with E-state index in [1.165, 1.54) is 51.4 Å². The highest BCUT2D eigenvalue weighted by molar-refractivity contribution is 4.76. The van der Waals surface area contributed by atoms with Gasteiger partial charge >= 0.3 is 0 Å². The SMILES string of the molecule is CC(C)CCCC(C)NC1CCCC(C)CC1. The fourth-order valence-corrected chi connectivity index (χ4v) is 2.97.